The van der Waals surface area contributed by atoms with E-state index in [0.717, 1.165) is 37.8 Å². The van der Waals surface area contributed by atoms with Crippen molar-refractivity contribution in [1.82, 2.24) is 5.32 Å². The highest BCUT2D eigenvalue weighted by atomic mass is 16.5. The minimum atomic E-state index is 0.779. The van der Waals surface area contributed by atoms with Gasteiger partial charge in [-0.2, -0.15) is 0 Å². The summed E-state index contributed by atoms with van der Waals surface area (Å²) in [5.41, 5.74) is 2.73. The highest BCUT2D eigenvalue weighted by Gasteiger charge is 2.11. The van der Waals surface area contributed by atoms with Crippen LogP contribution in [0.2, 0.25) is 0 Å². The topological polar surface area (TPSA) is 21.3 Å². The Bertz CT molecular complexity index is 347. The van der Waals surface area contributed by atoms with Crippen molar-refractivity contribution in [3.05, 3.63) is 29.3 Å². The van der Waals surface area contributed by atoms with E-state index in [1.807, 2.05) is 0 Å². The third-order valence-corrected chi connectivity index (χ3v) is 2.98. The molecule has 2 heteroatoms. The fourth-order valence-electron chi connectivity index (χ4n) is 1.97. The summed E-state index contributed by atoms with van der Waals surface area (Å²) in [7, 11) is 0. The molecule has 1 aromatic carbocycles. The third kappa shape index (κ3) is 2.99. The highest BCUT2D eigenvalue weighted by Crippen LogP contribution is 2.25. The number of fused-ring (bicyclic) bond motifs is 1. The molecule has 2 rings (SSSR count). The van der Waals surface area contributed by atoms with Gasteiger partial charge in [0.05, 0.1) is 6.61 Å². The lowest BCUT2D eigenvalue weighted by Crippen LogP contribution is -2.16. The Hall–Kier alpha value is -1.02. The molecule has 0 aromatic heterocycles. The van der Waals surface area contributed by atoms with Crippen molar-refractivity contribution in [2.24, 2.45) is 5.92 Å². The lowest BCUT2D eigenvalue weighted by molar-refractivity contribution is 0.357. The zero-order chi connectivity index (χ0) is 11.4. The second-order valence-corrected chi connectivity index (χ2v) is 4.90. The Morgan fingerprint density at radius 2 is 2.25 bits per heavy atom. The Balaban J connectivity index is 1.81. The first-order valence-corrected chi connectivity index (χ1v) is 6.21. The van der Waals surface area contributed by atoms with Gasteiger partial charge in [-0.3, -0.25) is 0 Å². The summed E-state index contributed by atoms with van der Waals surface area (Å²) in [5, 5.41) is 3.48. The molecule has 88 valence electrons. The summed E-state index contributed by atoms with van der Waals surface area (Å²) in [6.07, 6.45) is 2.31. The van der Waals surface area contributed by atoms with Crippen LogP contribution in [0.25, 0.3) is 0 Å². The Labute approximate surface area is 98.0 Å². The third-order valence-electron chi connectivity index (χ3n) is 2.98. The average molecular weight is 219 g/mol. The molecule has 1 N–H and O–H groups in total. The van der Waals surface area contributed by atoms with E-state index in [2.05, 4.69) is 37.4 Å². The van der Waals surface area contributed by atoms with Crippen LogP contribution >= 0.6 is 0 Å². The molecule has 16 heavy (non-hydrogen) atoms. The largest absolute Gasteiger partial charge is 0.493 e. The quantitative estimate of drug-likeness (QED) is 0.769. The predicted molar refractivity (Wildman–Crippen MR) is 66.8 cm³/mol. The minimum Gasteiger partial charge on any atom is -0.493 e. The van der Waals surface area contributed by atoms with Crippen LogP contribution < -0.4 is 10.1 Å². The fraction of sp³-hybridized carbons (Fsp3) is 0.571. The number of nitrogens with one attached hydrogen (secondary N) is 1. The van der Waals surface area contributed by atoms with Crippen molar-refractivity contribution in [1.29, 1.82) is 0 Å². The number of rotatable bonds is 5. The van der Waals surface area contributed by atoms with Gasteiger partial charge in [0.25, 0.3) is 0 Å². The molecule has 0 spiro atoms. The van der Waals surface area contributed by atoms with E-state index in [9.17, 15) is 0 Å². The van der Waals surface area contributed by atoms with Gasteiger partial charge in [-0.15, -0.1) is 0 Å². The van der Waals surface area contributed by atoms with Gasteiger partial charge in [0.1, 0.15) is 5.75 Å². The fourth-order valence-corrected chi connectivity index (χ4v) is 1.97. The lowest BCUT2D eigenvalue weighted by atomic mass is 10.1. The predicted octanol–water partition coefficient (Wildman–Crippen LogP) is 2.76. The van der Waals surface area contributed by atoms with Crippen molar-refractivity contribution >= 4 is 0 Å². The molecule has 0 radical (unpaired) electrons. The summed E-state index contributed by atoms with van der Waals surface area (Å²) < 4.78 is 5.49. The average Bonchev–Trinajstić information content (AvgIpc) is 2.71. The Morgan fingerprint density at radius 1 is 1.38 bits per heavy atom. The zero-order valence-electron chi connectivity index (χ0n) is 10.3. The summed E-state index contributed by atoms with van der Waals surface area (Å²) >= 11 is 0. The second kappa shape index (κ2) is 5.35. The molecule has 0 amide bonds. The maximum absolute atomic E-state index is 5.49. The van der Waals surface area contributed by atoms with Crippen LogP contribution in [0.1, 0.15) is 31.4 Å². The van der Waals surface area contributed by atoms with Gasteiger partial charge in [0.15, 0.2) is 0 Å². The van der Waals surface area contributed by atoms with Gasteiger partial charge < -0.3 is 10.1 Å². The van der Waals surface area contributed by atoms with Crippen molar-refractivity contribution in [3.8, 4) is 5.75 Å². The number of benzene rings is 1. The molecule has 2 nitrogen and oxygen atoms in total. The first-order valence-electron chi connectivity index (χ1n) is 6.21. The molecule has 0 bridgehead atoms. The van der Waals surface area contributed by atoms with E-state index in [0.29, 0.717) is 0 Å². The van der Waals surface area contributed by atoms with Crippen LogP contribution in [0, 0.1) is 5.92 Å². The summed E-state index contributed by atoms with van der Waals surface area (Å²) in [5.74, 6) is 1.85. The van der Waals surface area contributed by atoms with Crippen LogP contribution in [0.15, 0.2) is 18.2 Å². The smallest absolute Gasteiger partial charge is 0.122 e. The SMILES string of the molecule is CC(C)CCNCc1ccc2c(c1)CCO2. The van der Waals surface area contributed by atoms with Crippen molar-refractivity contribution < 1.29 is 4.74 Å². The number of ether oxygens (including phenoxy) is 1. The van der Waals surface area contributed by atoms with Crippen molar-refractivity contribution in [2.45, 2.75) is 33.2 Å². The Kier molecular flexibility index (Phi) is 3.83. The second-order valence-electron chi connectivity index (χ2n) is 4.90. The van der Waals surface area contributed by atoms with E-state index in [1.165, 1.54) is 17.5 Å². The molecule has 1 aliphatic rings. The molecule has 0 saturated carbocycles. The van der Waals surface area contributed by atoms with E-state index in [-0.39, 0.29) is 0 Å². The van der Waals surface area contributed by atoms with Crippen LogP contribution in [0.3, 0.4) is 0 Å². The van der Waals surface area contributed by atoms with Crippen LogP contribution in [0.5, 0.6) is 5.75 Å². The zero-order valence-corrected chi connectivity index (χ0v) is 10.3. The Morgan fingerprint density at radius 3 is 3.06 bits per heavy atom. The summed E-state index contributed by atoms with van der Waals surface area (Å²) in [6.45, 7) is 7.44. The van der Waals surface area contributed by atoms with Gasteiger partial charge in [0.2, 0.25) is 0 Å². The molecule has 0 unspecified atom stereocenters. The standard InChI is InChI=1S/C14H21NO/c1-11(2)5-7-15-10-12-3-4-14-13(9-12)6-8-16-14/h3-4,9,11,15H,5-8,10H2,1-2H3. The molecule has 0 fully saturated rings. The molecular formula is C14H21NO. The summed E-state index contributed by atoms with van der Waals surface area (Å²) in [6, 6.07) is 6.53. The molecule has 1 aromatic rings. The molecule has 1 aliphatic heterocycles. The van der Waals surface area contributed by atoms with Crippen LogP contribution in [0.4, 0.5) is 0 Å². The van der Waals surface area contributed by atoms with Gasteiger partial charge in [-0.25, -0.2) is 0 Å². The maximum atomic E-state index is 5.49. The van der Waals surface area contributed by atoms with Gasteiger partial charge in [-0.1, -0.05) is 26.0 Å². The monoisotopic (exact) mass is 219 g/mol. The molecule has 0 aliphatic carbocycles. The number of hydrogen-bond acceptors (Lipinski definition) is 2. The van der Waals surface area contributed by atoms with Crippen LogP contribution in [-0.2, 0) is 13.0 Å². The van der Waals surface area contributed by atoms with Crippen molar-refractivity contribution in [2.75, 3.05) is 13.2 Å². The molecule has 1 heterocycles. The van der Waals surface area contributed by atoms with E-state index < -0.39 is 0 Å². The lowest BCUT2D eigenvalue weighted by Gasteiger charge is -2.08. The molecule has 0 atom stereocenters. The van der Waals surface area contributed by atoms with Crippen molar-refractivity contribution in [3.63, 3.8) is 0 Å². The normalized spacial score (nSPS) is 13.9. The summed E-state index contributed by atoms with van der Waals surface area (Å²) in [4.78, 5) is 0. The van der Waals surface area contributed by atoms with Gasteiger partial charge in [0, 0.05) is 13.0 Å². The van der Waals surface area contributed by atoms with E-state index in [1.54, 1.807) is 0 Å². The van der Waals surface area contributed by atoms with E-state index >= 15 is 0 Å². The van der Waals surface area contributed by atoms with E-state index in [4.69, 9.17) is 4.74 Å². The minimum absolute atomic E-state index is 0.779. The number of hydrogen-bond donors (Lipinski definition) is 1. The van der Waals surface area contributed by atoms with Gasteiger partial charge >= 0.3 is 0 Å². The first kappa shape index (κ1) is 11.5. The first-order chi connectivity index (χ1) is 7.75. The van der Waals surface area contributed by atoms with Gasteiger partial charge in [-0.05, 0) is 36.1 Å². The van der Waals surface area contributed by atoms with Crippen LogP contribution in [-0.4, -0.2) is 13.2 Å². The maximum Gasteiger partial charge on any atom is 0.122 e. The highest BCUT2D eigenvalue weighted by molar-refractivity contribution is 5.39. The molecule has 0 saturated heterocycles. The molecular weight excluding hydrogens is 198 g/mol.